The molecule has 0 amide bonds. The zero-order valence-corrected chi connectivity index (χ0v) is 17.8. The fourth-order valence-electron chi connectivity index (χ4n) is 4.20. The fourth-order valence-corrected chi connectivity index (χ4v) is 4.56. The first kappa shape index (κ1) is 19.1. The van der Waals surface area contributed by atoms with Crippen molar-refractivity contribution in [2.45, 2.75) is 6.92 Å². The lowest BCUT2D eigenvalue weighted by Gasteiger charge is -2.55. The Bertz CT molecular complexity index is 1130. The van der Waals surface area contributed by atoms with Crippen molar-refractivity contribution < 1.29 is 14.2 Å². The van der Waals surface area contributed by atoms with Gasteiger partial charge in [-0.05, 0) is 13.0 Å². The summed E-state index contributed by atoms with van der Waals surface area (Å²) in [5, 5.41) is 1.31. The number of ether oxygens (including phenoxy) is 3. The third kappa shape index (κ3) is 2.82. The SMILES string of the molecule is COc1cc(OC)c(Cl)c(-c2nc(N3CC4(COC4)C3)c3cc(N)ncc3n2)c1C. The van der Waals surface area contributed by atoms with E-state index in [9.17, 15) is 0 Å². The summed E-state index contributed by atoms with van der Waals surface area (Å²) in [6.07, 6.45) is 1.67. The molecule has 2 aliphatic heterocycles. The number of rotatable bonds is 4. The Balaban J connectivity index is 1.70. The van der Waals surface area contributed by atoms with E-state index in [0.717, 1.165) is 43.1 Å². The minimum atomic E-state index is 0.239. The first-order valence-corrected chi connectivity index (χ1v) is 10.00. The number of anilines is 2. The molecule has 0 unspecified atom stereocenters. The van der Waals surface area contributed by atoms with Crippen LogP contribution in [0.4, 0.5) is 11.6 Å². The maximum absolute atomic E-state index is 6.68. The van der Waals surface area contributed by atoms with E-state index < -0.39 is 0 Å². The molecule has 8 nitrogen and oxygen atoms in total. The third-order valence-corrected chi connectivity index (χ3v) is 6.23. The Kier molecular flexibility index (Phi) is 4.37. The highest BCUT2D eigenvalue weighted by Crippen LogP contribution is 2.45. The molecule has 30 heavy (non-hydrogen) atoms. The zero-order chi connectivity index (χ0) is 21.0. The van der Waals surface area contributed by atoms with E-state index in [1.54, 1.807) is 26.5 Å². The van der Waals surface area contributed by atoms with Crippen molar-refractivity contribution in [2.24, 2.45) is 5.41 Å². The van der Waals surface area contributed by atoms with Gasteiger partial charge < -0.3 is 24.8 Å². The molecule has 3 aromatic rings. The Morgan fingerprint density at radius 2 is 1.87 bits per heavy atom. The molecular formula is C21H22ClN5O3. The highest BCUT2D eigenvalue weighted by atomic mass is 35.5. The smallest absolute Gasteiger partial charge is 0.164 e. The van der Waals surface area contributed by atoms with E-state index >= 15 is 0 Å². The molecule has 2 N–H and O–H groups in total. The highest BCUT2D eigenvalue weighted by Gasteiger charge is 2.49. The van der Waals surface area contributed by atoms with Gasteiger partial charge in [-0.2, -0.15) is 0 Å². The van der Waals surface area contributed by atoms with Gasteiger partial charge in [0.25, 0.3) is 0 Å². The number of hydrogen-bond acceptors (Lipinski definition) is 8. The first-order chi connectivity index (χ1) is 14.4. The number of nitrogen functional groups attached to an aromatic ring is 1. The zero-order valence-electron chi connectivity index (χ0n) is 17.0. The molecular weight excluding hydrogens is 406 g/mol. The van der Waals surface area contributed by atoms with Crippen molar-refractivity contribution in [3.8, 4) is 22.9 Å². The van der Waals surface area contributed by atoms with E-state index in [1.807, 2.05) is 13.0 Å². The van der Waals surface area contributed by atoms with Gasteiger partial charge in [-0.25, -0.2) is 15.0 Å². The minimum absolute atomic E-state index is 0.239. The van der Waals surface area contributed by atoms with Crippen LogP contribution in [0.15, 0.2) is 18.3 Å². The molecule has 2 fully saturated rings. The number of pyridine rings is 1. The Morgan fingerprint density at radius 3 is 2.50 bits per heavy atom. The van der Waals surface area contributed by atoms with E-state index in [4.69, 9.17) is 41.5 Å². The highest BCUT2D eigenvalue weighted by molar-refractivity contribution is 6.35. The number of fused-ring (bicyclic) bond motifs is 1. The molecule has 4 heterocycles. The van der Waals surface area contributed by atoms with Gasteiger partial charge in [0, 0.05) is 35.7 Å². The first-order valence-electron chi connectivity index (χ1n) is 9.62. The van der Waals surface area contributed by atoms with Gasteiger partial charge in [-0.1, -0.05) is 11.6 Å². The second-order valence-electron chi connectivity index (χ2n) is 7.94. The van der Waals surface area contributed by atoms with Crippen LogP contribution in [-0.2, 0) is 4.74 Å². The fraction of sp³-hybridized carbons (Fsp3) is 0.381. The monoisotopic (exact) mass is 427 g/mol. The third-order valence-electron chi connectivity index (χ3n) is 5.86. The van der Waals surface area contributed by atoms with Crippen LogP contribution in [0.25, 0.3) is 22.3 Å². The summed E-state index contributed by atoms with van der Waals surface area (Å²) >= 11 is 6.68. The van der Waals surface area contributed by atoms with Gasteiger partial charge in [-0.15, -0.1) is 0 Å². The van der Waals surface area contributed by atoms with E-state index in [2.05, 4.69) is 9.88 Å². The van der Waals surface area contributed by atoms with Crippen LogP contribution in [0.5, 0.6) is 11.5 Å². The predicted molar refractivity (Wildman–Crippen MR) is 115 cm³/mol. The molecule has 0 bridgehead atoms. The number of halogens is 1. The van der Waals surface area contributed by atoms with Gasteiger partial charge in [0.15, 0.2) is 5.82 Å². The lowest BCUT2D eigenvalue weighted by atomic mass is 9.78. The molecule has 9 heteroatoms. The van der Waals surface area contributed by atoms with Gasteiger partial charge >= 0.3 is 0 Å². The maximum Gasteiger partial charge on any atom is 0.164 e. The van der Waals surface area contributed by atoms with Crippen molar-refractivity contribution >= 4 is 34.1 Å². The molecule has 0 radical (unpaired) electrons. The van der Waals surface area contributed by atoms with E-state index in [0.29, 0.717) is 39.2 Å². The molecule has 1 aromatic carbocycles. The van der Waals surface area contributed by atoms with Crippen LogP contribution >= 0.6 is 11.6 Å². The largest absolute Gasteiger partial charge is 0.496 e. The lowest BCUT2D eigenvalue weighted by Crippen LogP contribution is -2.66. The van der Waals surface area contributed by atoms with Crippen LogP contribution in [0.3, 0.4) is 0 Å². The Hall–Kier alpha value is -2.84. The summed E-state index contributed by atoms with van der Waals surface area (Å²) in [7, 11) is 3.18. The number of benzene rings is 1. The lowest BCUT2D eigenvalue weighted by molar-refractivity contribution is -0.127. The molecule has 2 aromatic heterocycles. The standard InChI is InChI=1S/C21H22ClN5O3/c1-11-14(28-2)5-15(29-3)18(22)17(11)19-25-13-6-24-16(23)4-12(13)20(26-19)27-7-21(8-27)9-30-10-21/h4-6H,7-10H2,1-3H3,(H2,23,24). The van der Waals surface area contributed by atoms with Crippen molar-refractivity contribution in [1.82, 2.24) is 15.0 Å². The predicted octanol–water partition coefficient (Wildman–Crippen LogP) is 3.09. The minimum Gasteiger partial charge on any atom is -0.496 e. The van der Waals surface area contributed by atoms with Gasteiger partial charge in [-0.3, -0.25) is 0 Å². The molecule has 5 rings (SSSR count). The topological polar surface area (TPSA) is 95.6 Å². The maximum atomic E-state index is 6.68. The van der Waals surface area contributed by atoms with Crippen LogP contribution in [0, 0.1) is 12.3 Å². The average molecular weight is 428 g/mol. The van der Waals surface area contributed by atoms with E-state index in [-0.39, 0.29) is 5.41 Å². The molecule has 0 saturated carbocycles. The summed E-state index contributed by atoms with van der Waals surface area (Å²) in [6.45, 7) is 5.28. The van der Waals surface area contributed by atoms with Crippen molar-refractivity contribution in [3.63, 3.8) is 0 Å². The van der Waals surface area contributed by atoms with Gasteiger partial charge in [0.1, 0.15) is 23.1 Å². The molecule has 0 aliphatic carbocycles. The van der Waals surface area contributed by atoms with Gasteiger partial charge in [0.05, 0.1) is 49.6 Å². The van der Waals surface area contributed by atoms with E-state index in [1.165, 1.54) is 0 Å². The second kappa shape index (κ2) is 6.85. The quantitative estimate of drug-likeness (QED) is 0.678. The van der Waals surface area contributed by atoms with Crippen molar-refractivity contribution in [3.05, 3.63) is 28.9 Å². The molecule has 2 aliphatic rings. The number of aromatic nitrogens is 3. The second-order valence-corrected chi connectivity index (χ2v) is 8.32. The van der Waals surface area contributed by atoms with Crippen LogP contribution < -0.4 is 20.1 Å². The van der Waals surface area contributed by atoms with Crippen molar-refractivity contribution in [1.29, 1.82) is 0 Å². The number of nitrogens with two attached hydrogens (primary N) is 1. The average Bonchev–Trinajstić information content (AvgIpc) is 2.66. The van der Waals surface area contributed by atoms with Crippen LogP contribution in [0.2, 0.25) is 5.02 Å². The van der Waals surface area contributed by atoms with Gasteiger partial charge in [0.2, 0.25) is 0 Å². The summed E-state index contributed by atoms with van der Waals surface area (Å²) in [6, 6.07) is 3.58. The molecule has 0 atom stereocenters. The summed E-state index contributed by atoms with van der Waals surface area (Å²) in [4.78, 5) is 16.1. The molecule has 1 spiro atoms. The van der Waals surface area contributed by atoms with Crippen LogP contribution in [0.1, 0.15) is 5.56 Å². The summed E-state index contributed by atoms with van der Waals surface area (Å²) < 4.78 is 16.4. The normalized spacial score (nSPS) is 17.0. The number of nitrogens with zero attached hydrogens (tertiary/aromatic N) is 4. The van der Waals surface area contributed by atoms with Crippen LogP contribution in [-0.4, -0.2) is 55.5 Å². The number of hydrogen-bond donors (Lipinski definition) is 1. The summed E-state index contributed by atoms with van der Waals surface area (Å²) in [5.74, 6) is 2.90. The molecule has 2 saturated heterocycles. The molecule has 156 valence electrons. The summed E-state index contributed by atoms with van der Waals surface area (Å²) in [5.41, 5.74) is 8.41. The Morgan fingerprint density at radius 1 is 1.13 bits per heavy atom. The number of methoxy groups -OCH3 is 2. The van der Waals surface area contributed by atoms with Crippen molar-refractivity contribution in [2.75, 3.05) is 51.2 Å². The Labute approximate surface area is 178 Å².